The first-order valence-electron chi connectivity index (χ1n) is 3.32. The number of aliphatic imine (C=N–C) groups is 2. The van der Waals surface area contributed by atoms with E-state index in [1.54, 1.807) is 19.5 Å². The van der Waals surface area contributed by atoms with Crippen LogP contribution < -0.4 is 0 Å². The van der Waals surface area contributed by atoms with Crippen molar-refractivity contribution in [1.29, 1.82) is 0 Å². The van der Waals surface area contributed by atoms with Gasteiger partial charge in [-0.05, 0) is 6.42 Å². The third-order valence-electron chi connectivity index (χ3n) is 0.962. The van der Waals surface area contributed by atoms with Crippen molar-refractivity contribution < 1.29 is 0 Å². The van der Waals surface area contributed by atoms with Gasteiger partial charge in [0, 0.05) is 26.0 Å². The minimum Gasteiger partial charge on any atom is -0.295 e. The third kappa shape index (κ3) is 7.34. The maximum absolute atomic E-state index is 4.08. The van der Waals surface area contributed by atoms with E-state index in [1.807, 2.05) is 0 Å². The molecule has 9 heavy (non-hydrogen) atoms. The molecule has 0 aliphatic carbocycles. The van der Waals surface area contributed by atoms with Gasteiger partial charge < -0.3 is 0 Å². The maximum atomic E-state index is 4.08. The zero-order valence-electron chi connectivity index (χ0n) is 6.17. The number of unbranched alkanes of at least 4 members (excludes halogenated alkanes) is 1. The Hall–Kier alpha value is -0.660. The molecule has 0 fully saturated rings. The van der Waals surface area contributed by atoms with Crippen LogP contribution in [-0.4, -0.2) is 26.0 Å². The van der Waals surface area contributed by atoms with E-state index < -0.39 is 0 Å². The average molecular weight is 126 g/mol. The minimum atomic E-state index is 0.933. The SMILES string of the molecule is CCCC/N=C\C=N/C. The third-order valence-corrected chi connectivity index (χ3v) is 0.962. The quantitative estimate of drug-likeness (QED) is 0.403. The van der Waals surface area contributed by atoms with Gasteiger partial charge in [0.05, 0.1) is 0 Å². The molecule has 0 aliphatic heterocycles. The average Bonchev–Trinajstić information content (AvgIpc) is 1.89. The monoisotopic (exact) mass is 126 g/mol. The van der Waals surface area contributed by atoms with E-state index in [0.29, 0.717) is 0 Å². The summed E-state index contributed by atoms with van der Waals surface area (Å²) in [4.78, 5) is 7.84. The summed E-state index contributed by atoms with van der Waals surface area (Å²) in [5, 5.41) is 0. The highest BCUT2D eigenvalue weighted by Gasteiger charge is 1.74. The van der Waals surface area contributed by atoms with Crippen LogP contribution >= 0.6 is 0 Å². The molecule has 0 atom stereocenters. The molecule has 0 spiro atoms. The van der Waals surface area contributed by atoms with Crippen LogP contribution in [0.3, 0.4) is 0 Å². The van der Waals surface area contributed by atoms with Crippen LogP contribution in [0.4, 0.5) is 0 Å². The fourth-order valence-electron chi connectivity index (χ4n) is 0.438. The fourth-order valence-corrected chi connectivity index (χ4v) is 0.438. The van der Waals surface area contributed by atoms with E-state index in [0.717, 1.165) is 6.54 Å². The summed E-state index contributed by atoms with van der Waals surface area (Å²) in [5.41, 5.74) is 0. The van der Waals surface area contributed by atoms with Crippen molar-refractivity contribution in [1.82, 2.24) is 0 Å². The van der Waals surface area contributed by atoms with Crippen LogP contribution in [0.5, 0.6) is 0 Å². The Labute approximate surface area is 56.7 Å². The van der Waals surface area contributed by atoms with Gasteiger partial charge in [-0.1, -0.05) is 13.3 Å². The molecular formula is C7H14N2. The van der Waals surface area contributed by atoms with Crippen molar-refractivity contribution in [3.8, 4) is 0 Å². The van der Waals surface area contributed by atoms with Gasteiger partial charge in [-0.2, -0.15) is 0 Å². The molecule has 0 N–H and O–H groups in total. The molecule has 0 amide bonds. The Bertz CT molecular complexity index is 95.1. The summed E-state index contributed by atoms with van der Waals surface area (Å²) in [7, 11) is 1.74. The molecule has 0 bridgehead atoms. The molecular weight excluding hydrogens is 112 g/mol. The van der Waals surface area contributed by atoms with Crippen LogP contribution in [0.2, 0.25) is 0 Å². The van der Waals surface area contributed by atoms with Gasteiger partial charge in [0.2, 0.25) is 0 Å². The molecule has 2 heteroatoms. The van der Waals surface area contributed by atoms with Crippen LogP contribution in [0, 0.1) is 0 Å². The van der Waals surface area contributed by atoms with Gasteiger partial charge in [0.1, 0.15) is 0 Å². The molecule has 0 aromatic carbocycles. The molecule has 0 saturated heterocycles. The van der Waals surface area contributed by atoms with Crippen LogP contribution in [0.1, 0.15) is 19.8 Å². The normalized spacial score (nSPS) is 11.8. The number of nitrogens with zero attached hydrogens (tertiary/aromatic N) is 2. The maximum Gasteiger partial charge on any atom is 0.0390 e. The molecule has 0 unspecified atom stereocenters. The summed E-state index contributed by atoms with van der Waals surface area (Å²) in [6.45, 7) is 3.09. The molecule has 0 radical (unpaired) electrons. The van der Waals surface area contributed by atoms with Crippen molar-refractivity contribution in [3.05, 3.63) is 0 Å². The zero-order chi connectivity index (χ0) is 6.95. The molecule has 52 valence electrons. The Kier molecular flexibility index (Phi) is 6.80. The minimum absolute atomic E-state index is 0.933. The van der Waals surface area contributed by atoms with E-state index in [9.17, 15) is 0 Å². The van der Waals surface area contributed by atoms with Crippen molar-refractivity contribution in [3.63, 3.8) is 0 Å². The molecule has 0 aromatic rings. The number of hydrogen-bond acceptors (Lipinski definition) is 2. The van der Waals surface area contributed by atoms with Gasteiger partial charge in [-0.25, -0.2) is 0 Å². The largest absolute Gasteiger partial charge is 0.295 e. The first kappa shape index (κ1) is 8.34. The van der Waals surface area contributed by atoms with E-state index in [1.165, 1.54) is 12.8 Å². The van der Waals surface area contributed by atoms with Crippen LogP contribution in [0.25, 0.3) is 0 Å². The highest BCUT2D eigenvalue weighted by Crippen LogP contribution is 1.84. The summed E-state index contributed by atoms with van der Waals surface area (Å²) < 4.78 is 0. The molecule has 2 nitrogen and oxygen atoms in total. The van der Waals surface area contributed by atoms with E-state index in [-0.39, 0.29) is 0 Å². The van der Waals surface area contributed by atoms with Crippen molar-refractivity contribution in [2.24, 2.45) is 9.98 Å². The topological polar surface area (TPSA) is 24.7 Å². The lowest BCUT2D eigenvalue weighted by Gasteiger charge is -1.85. The van der Waals surface area contributed by atoms with Gasteiger partial charge in [0.15, 0.2) is 0 Å². The fraction of sp³-hybridized carbons (Fsp3) is 0.714. The predicted octanol–water partition coefficient (Wildman–Crippen LogP) is 1.56. The van der Waals surface area contributed by atoms with Crippen molar-refractivity contribution in [2.75, 3.05) is 13.6 Å². The first-order valence-corrected chi connectivity index (χ1v) is 3.32. The summed E-state index contributed by atoms with van der Waals surface area (Å²) in [6.07, 6.45) is 5.83. The molecule has 0 aromatic heterocycles. The lowest BCUT2D eigenvalue weighted by molar-refractivity contribution is 0.811. The zero-order valence-corrected chi connectivity index (χ0v) is 6.17. The lowest BCUT2D eigenvalue weighted by Crippen LogP contribution is -1.81. The second-order valence-corrected chi connectivity index (χ2v) is 1.82. The Morgan fingerprint density at radius 3 is 2.67 bits per heavy atom. The molecule has 0 saturated carbocycles. The van der Waals surface area contributed by atoms with Gasteiger partial charge in [0.25, 0.3) is 0 Å². The van der Waals surface area contributed by atoms with Crippen molar-refractivity contribution in [2.45, 2.75) is 19.8 Å². The molecule has 0 aliphatic rings. The van der Waals surface area contributed by atoms with Crippen LogP contribution in [0.15, 0.2) is 9.98 Å². The van der Waals surface area contributed by atoms with Gasteiger partial charge >= 0.3 is 0 Å². The highest BCUT2D eigenvalue weighted by atomic mass is 14.7. The number of hydrogen-bond donors (Lipinski definition) is 0. The van der Waals surface area contributed by atoms with Gasteiger partial charge in [-0.15, -0.1) is 0 Å². The van der Waals surface area contributed by atoms with E-state index in [2.05, 4.69) is 16.9 Å². The predicted molar refractivity (Wildman–Crippen MR) is 42.7 cm³/mol. The van der Waals surface area contributed by atoms with E-state index in [4.69, 9.17) is 0 Å². The summed E-state index contributed by atoms with van der Waals surface area (Å²) in [5.74, 6) is 0. The molecule has 0 rings (SSSR count). The van der Waals surface area contributed by atoms with Crippen molar-refractivity contribution >= 4 is 12.4 Å². The number of rotatable bonds is 4. The first-order chi connectivity index (χ1) is 4.41. The summed E-state index contributed by atoms with van der Waals surface area (Å²) >= 11 is 0. The standard InChI is InChI=1S/C7H14N2/c1-3-4-5-9-7-6-8-2/h6-7H,3-5H2,1-2H3/b8-6-,9-7-. The highest BCUT2D eigenvalue weighted by molar-refractivity contribution is 6.15. The van der Waals surface area contributed by atoms with Gasteiger partial charge in [-0.3, -0.25) is 9.98 Å². The Morgan fingerprint density at radius 2 is 2.11 bits per heavy atom. The summed E-state index contributed by atoms with van der Waals surface area (Å²) in [6, 6.07) is 0. The smallest absolute Gasteiger partial charge is 0.0390 e. The second-order valence-electron chi connectivity index (χ2n) is 1.82. The van der Waals surface area contributed by atoms with E-state index >= 15 is 0 Å². The second kappa shape index (κ2) is 7.34. The Balaban J connectivity index is 3.04. The lowest BCUT2D eigenvalue weighted by atomic mass is 10.3. The van der Waals surface area contributed by atoms with Crippen LogP contribution in [-0.2, 0) is 0 Å². The molecule has 0 heterocycles. The Morgan fingerprint density at radius 1 is 1.33 bits per heavy atom.